The monoisotopic (exact) mass is 448 g/mol. The number of fused-ring (bicyclic) bond motifs is 1. The minimum Gasteiger partial charge on any atom is -0.497 e. The molecule has 1 N–H and O–H groups in total. The molecule has 0 saturated heterocycles. The Morgan fingerprint density at radius 2 is 1.66 bits per heavy atom. The van der Waals surface area contributed by atoms with Crippen LogP contribution in [0.25, 0.3) is 21.9 Å². The SMILES string of the molecule is COc1ccc(CNc2nc(C)cc3cc(-c4cc(Cl)ccc4OC)ccc23)c(OC)c1. The second kappa shape index (κ2) is 9.37. The molecule has 32 heavy (non-hydrogen) atoms. The van der Waals surface area contributed by atoms with E-state index in [1.54, 1.807) is 21.3 Å². The highest BCUT2D eigenvalue weighted by molar-refractivity contribution is 6.31. The fraction of sp³-hybridized carbons (Fsp3) is 0.192. The summed E-state index contributed by atoms with van der Waals surface area (Å²) in [6.07, 6.45) is 0. The molecule has 4 rings (SSSR count). The van der Waals surface area contributed by atoms with Crippen LogP contribution in [-0.2, 0) is 6.54 Å². The van der Waals surface area contributed by atoms with E-state index in [1.165, 1.54) is 0 Å². The summed E-state index contributed by atoms with van der Waals surface area (Å²) >= 11 is 6.24. The van der Waals surface area contributed by atoms with Crippen LogP contribution in [0.5, 0.6) is 17.2 Å². The second-order valence-electron chi connectivity index (χ2n) is 7.42. The van der Waals surface area contributed by atoms with E-state index >= 15 is 0 Å². The van der Waals surface area contributed by atoms with Crippen molar-refractivity contribution in [2.75, 3.05) is 26.6 Å². The van der Waals surface area contributed by atoms with Crippen LogP contribution in [0.15, 0.2) is 60.7 Å². The van der Waals surface area contributed by atoms with E-state index in [2.05, 4.69) is 29.6 Å². The summed E-state index contributed by atoms with van der Waals surface area (Å²) in [5, 5.41) is 6.26. The second-order valence-corrected chi connectivity index (χ2v) is 7.86. The molecule has 0 bridgehead atoms. The number of benzene rings is 3. The van der Waals surface area contributed by atoms with Gasteiger partial charge < -0.3 is 19.5 Å². The molecule has 1 heterocycles. The number of nitrogens with zero attached hydrogens (tertiary/aromatic N) is 1. The zero-order chi connectivity index (χ0) is 22.7. The first-order chi connectivity index (χ1) is 15.5. The zero-order valence-electron chi connectivity index (χ0n) is 18.5. The minimum atomic E-state index is 0.572. The standard InChI is InChI=1S/C26H25ClN2O3/c1-16-11-19-12-17(23-13-20(27)7-10-24(23)31-3)6-9-22(19)26(29-16)28-15-18-5-8-21(30-2)14-25(18)32-4/h5-14H,15H2,1-4H3,(H,28,29). The van der Waals surface area contributed by atoms with E-state index in [1.807, 2.05) is 43.3 Å². The van der Waals surface area contributed by atoms with Crippen molar-refractivity contribution in [3.8, 4) is 28.4 Å². The van der Waals surface area contributed by atoms with E-state index in [0.29, 0.717) is 11.6 Å². The van der Waals surface area contributed by atoms with Crippen LogP contribution in [0.1, 0.15) is 11.3 Å². The summed E-state index contributed by atoms with van der Waals surface area (Å²) in [6.45, 7) is 2.56. The van der Waals surface area contributed by atoms with Gasteiger partial charge in [0, 0.05) is 39.8 Å². The van der Waals surface area contributed by atoms with E-state index in [0.717, 1.165) is 56.2 Å². The summed E-state index contributed by atoms with van der Waals surface area (Å²) in [7, 11) is 4.96. The normalized spacial score (nSPS) is 10.8. The van der Waals surface area contributed by atoms with Crippen molar-refractivity contribution in [1.29, 1.82) is 0 Å². The molecule has 0 amide bonds. The van der Waals surface area contributed by atoms with Gasteiger partial charge in [-0.05, 0) is 60.3 Å². The van der Waals surface area contributed by atoms with Gasteiger partial charge in [0.05, 0.1) is 21.3 Å². The summed E-state index contributed by atoms with van der Waals surface area (Å²) < 4.78 is 16.3. The van der Waals surface area contributed by atoms with Gasteiger partial charge in [0.2, 0.25) is 0 Å². The molecule has 0 fully saturated rings. The fourth-order valence-corrected chi connectivity index (χ4v) is 3.95. The molecule has 4 aromatic rings. The maximum Gasteiger partial charge on any atom is 0.134 e. The minimum absolute atomic E-state index is 0.572. The third-order valence-corrected chi connectivity index (χ3v) is 5.61. The molecule has 164 valence electrons. The molecule has 0 saturated carbocycles. The number of hydrogen-bond donors (Lipinski definition) is 1. The molecule has 5 nitrogen and oxygen atoms in total. The zero-order valence-corrected chi connectivity index (χ0v) is 19.3. The quantitative estimate of drug-likeness (QED) is 0.349. The van der Waals surface area contributed by atoms with E-state index in [-0.39, 0.29) is 0 Å². The Balaban J connectivity index is 1.69. The molecule has 1 aromatic heterocycles. The van der Waals surface area contributed by atoms with Crippen molar-refractivity contribution in [1.82, 2.24) is 4.98 Å². The van der Waals surface area contributed by atoms with Crippen LogP contribution in [0.4, 0.5) is 5.82 Å². The molecule has 6 heteroatoms. The molecule has 0 aliphatic rings. The highest BCUT2D eigenvalue weighted by atomic mass is 35.5. The average molecular weight is 449 g/mol. The van der Waals surface area contributed by atoms with Gasteiger partial charge in [-0.3, -0.25) is 0 Å². The highest BCUT2D eigenvalue weighted by Crippen LogP contribution is 2.35. The molecule has 0 unspecified atom stereocenters. The lowest BCUT2D eigenvalue weighted by molar-refractivity contribution is 0.391. The average Bonchev–Trinajstić information content (AvgIpc) is 2.81. The van der Waals surface area contributed by atoms with Crippen LogP contribution in [0.3, 0.4) is 0 Å². The topological polar surface area (TPSA) is 52.6 Å². The summed E-state index contributed by atoms with van der Waals surface area (Å²) in [4.78, 5) is 4.73. The molecular formula is C26H25ClN2O3. The third kappa shape index (κ3) is 4.43. The predicted octanol–water partition coefficient (Wildman–Crippen LogP) is 6.50. The summed E-state index contributed by atoms with van der Waals surface area (Å²) in [5.41, 5.74) is 3.93. The number of anilines is 1. The van der Waals surface area contributed by atoms with Gasteiger partial charge >= 0.3 is 0 Å². The van der Waals surface area contributed by atoms with Crippen LogP contribution in [-0.4, -0.2) is 26.3 Å². The van der Waals surface area contributed by atoms with Crippen molar-refractivity contribution in [2.24, 2.45) is 0 Å². The lowest BCUT2D eigenvalue weighted by Gasteiger charge is -2.15. The predicted molar refractivity (Wildman–Crippen MR) is 130 cm³/mol. The largest absolute Gasteiger partial charge is 0.497 e. The first-order valence-corrected chi connectivity index (χ1v) is 10.6. The number of aromatic nitrogens is 1. The summed E-state index contributed by atoms with van der Waals surface area (Å²) in [5.74, 6) is 3.13. The fourth-order valence-electron chi connectivity index (χ4n) is 3.78. The van der Waals surface area contributed by atoms with Crippen LogP contribution in [0.2, 0.25) is 5.02 Å². The lowest BCUT2D eigenvalue weighted by atomic mass is 10.0. The Morgan fingerprint density at radius 3 is 2.41 bits per heavy atom. The Bertz CT molecular complexity index is 1270. The maximum absolute atomic E-state index is 6.24. The maximum atomic E-state index is 6.24. The van der Waals surface area contributed by atoms with Crippen LogP contribution < -0.4 is 19.5 Å². The highest BCUT2D eigenvalue weighted by Gasteiger charge is 2.11. The van der Waals surface area contributed by atoms with Gasteiger partial charge in [-0.1, -0.05) is 23.7 Å². The van der Waals surface area contributed by atoms with Crippen molar-refractivity contribution >= 4 is 28.2 Å². The van der Waals surface area contributed by atoms with Crippen LogP contribution >= 0.6 is 11.6 Å². The van der Waals surface area contributed by atoms with Gasteiger partial charge in [0.15, 0.2) is 0 Å². The molecule has 0 spiro atoms. The Labute approximate surface area is 192 Å². The summed E-state index contributed by atoms with van der Waals surface area (Å²) in [6, 6.07) is 19.8. The molecule has 0 atom stereocenters. The Morgan fingerprint density at radius 1 is 0.844 bits per heavy atom. The number of halogens is 1. The molecular weight excluding hydrogens is 424 g/mol. The number of nitrogens with one attached hydrogen (secondary N) is 1. The van der Waals surface area contributed by atoms with Gasteiger partial charge in [-0.15, -0.1) is 0 Å². The first-order valence-electron chi connectivity index (χ1n) is 10.2. The lowest BCUT2D eigenvalue weighted by Crippen LogP contribution is -2.05. The number of methoxy groups -OCH3 is 3. The number of pyridine rings is 1. The van der Waals surface area contributed by atoms with Crippen molar-refractivity contribution in [3.63, 3.8) is 0 Å². The van der Waals surface area contributed by atoms with Gasteiger partial charge in [0.1, 0.15) is 23.1 Å². The number of rotatable bonds is 7. The van der Waals surface area contributed by atoms with E-state index in [9.17, 15) is 0 Å². The smallest absolute Gasteiger partial charge is 0.134 e. The molecule has 0 aliphatic carbocycles. The van der Waals surface area contributed by atoms with Gasteiger partial charge in [0.25, 0.3) is 0 Å². The van der Waals surface area contributed by atoms with Gasteiger partial charge in [-0.2, -0.15) is 0 Å². The van der Waals surface area contributed by atoms with Crippen molar-refractivity contribution in [3.05, 3.63) is 76.9 Å². The van der Waals surface area contributed by atoms with Crippen molar-refractivity contribution in [2.45, 2.75) is 13.5 Å². The Hall–Kier alpha value is -3.44. The van der Waals surface area contributed by atoms with Gasteiger partial charge in [-0.25, -0.2) is 4.98 Å². The number of hydrogen-bond acceptors (Lipinski definition) is 5. The first kappa shape index (κ1) is 21.8. The number of aryl methyl sites for hydroxylation is 1. The Kier molecular flexibility index (Phi) is 6.37. The molecule has 0 aliphatic heterocycles. The van der Waals surface area contributed by atoms with E-state index in [4.69, 9.17) is 30.8 Å². The third-order valence-electron chi connectivity index (χ3n) is 5.37. The van der Waals surface area contributed by atoms with Crippen LogP contribution in [0, 0.1) is 6.92 Å². The number of ether oxygens (including phenoxy) is 3. The molecule has 3 aromatic carbocycles. The van der Waals surface area contributed by atoms with Crippen molar-refractivity contribution < 1.29 is 14.2 Å². The molecule has 0 radical (unpaired) electrons. The van der Waals surface area contributed by atoms with E-state index < -0.39 is 0 Å².